The number of phenols is 1. The molecule has 0 bridgehead atoms. The molecule has 1 N–H and O–H groups in total. The molecular weight excluding hydrogens is 200 g/mol. The van der Waals surface area contributed by atoms with E-state index in [0.717, 1.165) is 29.9 Å². The molecule has 0 unspecified atom stereocenters. The summed E-state index contributed by atoms with van der Waals surface area (Å²) in [6.07, 6.45) is 1.81. The van der Waals surface area contributed by atoms with Gasteiger partial charge in [-0.15, -0.1) is 0 Å². The molecular formula is C13H16N2O. The fourth-order valence-corrected chi connectivity index (χ4v) is 1.75. The molecule has 3 heteroatoms. The second-order valence-corrected chi connectivity index (χ2v) is 3.73. The highest BCUT2D eigenvalue weighted by molar-refractivity contribution is 5.46. The molecule has 0 amide bonds. The first-order chi connectivity index (χ1) is 7.76. The molecule has 0 fully saturated rings. The highest BCUT2D eigenvalue weighted by atomic mass is 16.3. The van der Waals surface area contributed by atoms with Crippen molar-refractivity contribution in [3.8, 4) is 11.4 Å². The van der Waals surface area contributed by atoms with Gasteiger partial charge in [0.05, 0.1) is 5.69 Å². The molecule has 0 radical (unpaired) electrons. The van der Waals surface area contributed by atoms with Crippen molar-refractivity contribution in [3.63, 3.8) is 0 Å². The number of hydrogen-bond donors (Lipinski definition) is 1. The van der Waals surface area contributed by atoms with Gasteiger partial charge in [-0.25, -0.2) is 4.68 Å². The van der Waals surface area contributed by atoms with E-state index in [9.17, 15) is 5.11 Å². The van der Waals surface area contributed by atoms with Gasteiger partial charge in [0, 0.05) is 5.69 Å². The van der Waals surface area contributed by atoms with Gasteiger partial charge in [-0.1, -0.05) is 26.0 Å². The number of para-hydroxylation sites is 2. The van der Waals surface area contributed by atoms with Gasteiger partial charge in [0.2, 0.25) is 0 Å². The Hall–Kier alpha value is -1.77. The zero-order valence-electron chi connectivity index (χ0n) is 9.64. The Balaban J connectivity index is 2.54. The maximum absolute atomic E-state index is 9.81. The van der Waals surface area contributed by atoms with Gasteiger partial charge in [-0.05, 0) is 31.0 Å². The lowest BCUT2D eigenvalue weighted by Gasteiger charge is -2.07. The number of benzene rings is 1. The molecule has 3 nitrogen and oxygen atoms in total. The van der Waals surface area contributed by atoms with E-state index in [-0.39, 0.29) is 5.75 Å². The zero-order chi connectivity index (χ0) is 11.5. The molecule has 0 saturated heterocycles. The lowest BCUT2D eigenvalue weighted by atomic mass is 10.2. The van der Waals surface area contributed by atoms with Crippen molar-refractivity contribution in [2.24, 2.45) is 0 Å². The van der Waals surface area contributed by atoms with Gasteiger partial charge in [-0.2, -0.15) is 5.10 Å². The number of nitrogens with zero attached hydrogens (tertiary/aromatic N) is 2. The SMILES string of the molecule is CCc1cc(CC)n(-c2ccccc2O)n1. The monoisotopic (exact) mass is 216 g/mol. The first-order valence-corrected chi connectivity index (χ1v) is 5.62. The van der Waals surface area contributed by atoms with Crippen LogP contribution in [0.3, 0.4) is 0 Å². The van der Waals surface area contributed by atoms with Crippen LogP contribution in [0.15, 0.2) is 30.3 Å². The summed E-state index contributed by atoms with van der Waals surface area (Å²) >= 11 is 0. The molecule has 0 aliphatic heterocycles. The maximum Gasteiger partial charge on any atom is 0.141 e. The molecule has 0 atom stereocenters. The third-order valence-electron chi connectivity index (χ3n) is 2.67. The average Bonchev–Trinajstić information content (AvgIpc) is 2.72. The number of aryl methyl sites for hydroxylation is 2. The average molecular weight is 216 g/mol. The van der Waals surface area contributed by atoms with E-state index in [0.29, 0.717) is 0 Å². The predicted molar refractivity (Wildman–Crippen MR) is 64.0 cm³/mol. The van der Waals surface area contributed by atoms with E-state index in [1.165, 1.54) is 0 Å². The number of phenolic OH excluding ortho intramolecular Hbond substituents is 1. The van der Waals surface area contributed by atoms with Crippen molar-refractivity contribution in [1.82, 2.24) is 9.78 Å². The minimum atomic E-state index is 0.267. The molecule has 0 aliphatic carbocycles. The summed E-state index contributed by atoms with van der Waals surface area (Å²) < 4.78 is 1.83. The molecule has 1 aromatic carbocycles. The Morgan fingerprint density at radius 1 is 1.19 bits per heavy atom. The van der Waals surface area contributed by atoms with E-state index in [1.54, 1.807) is 6.07 Å². The van der Waals surface area contributed by atoms with Crippen molar-refractivity contribution >= 4 is 0 Å². The van der Waals surface area contributed by atoms with Crippen LogP contribution in [0, 0.1) is 0 Å². The summed E-state index contributed by atoms with van der Waals surface area (Å²) in [4.78, 5) is 0. The first-order valence-electron chi connectivity index (χ1n) is 5.62. The van der Waals surface area contributed by atoms with Gasteiger partial charge in [0.15, 0.2) is 0 Å². The summed E-state index contributed by atoms with van der Waals surface area (Å²) in [5, 5.41) is 14.3. The van der Waals surface area contributed by atoms with E-state index in [2.05, 4.69) is 25.0 Å². The summed E-state index contributed by atoms with van der Waals surface area (Å²) in [6.45, 7) is 4.17. The molecule has 1 heterocycles. The molecule has 16 heavy (non-hydrogen) atoms. The van der Waals surface area contributed by atoms with Crippen molar-refractivity contribution in [2.45, 2.75) is 26.7 Å². The zero-order valence-corrected chi connectivity index (χ0v) is 9.64. The summed E-state index contributed by atoms with van der Waals surface area (Å²) in [5.41, 5.74) is 2.93. The van der Waals surface area contributed by atoms with Crippen LogP contribution >= 0.6 is 0 Å². The smallest absolute Gasteiger partial charge is 0.141 e. The topological polar surface area (TPSA) is 38.0 Å². The second-order valence-electron chi connectivity index (χ2n) is 3.73. The molecule has 0 spiro atoms. The van der Waals surface area contributed by atoms with E-state index in [4.69, 9.17) is 0 Å². The highest BCUT2D eigenvalue weighted by Gasteiger charge is 2.09. The minimum Gasteiger partial charge on any atom is -0.506 e. The third-order valence-corrected chi connectivity index (χ3v) is 2.67. The van der Waals surface area contributed by atoms with Crippen LogP contribution in [0.2, 0.25) is 0 Å². The van der Waals surface area contributed by atoms with Crippen LogP contribution in [-0.2, 0) is 12.8 Å². The lowest BCUT2D eigenvalue weighted by molar-refractivity contribution is 0.469. The molecule has 0 aliphatic rings. The summed E-state index contributed by atoms with van der Waals surface area (Å²) in [6, 6.07) is 9.37. The van der Waals surface area contributed by atoms with Gasteiger partial charge in [0.25, 0.3) is 0 Å². The highest BCUT2D eigenvalue weighted by Crippen LogP contribution is 2.22. The van der Waals surface area contributed by atoms with Crippen LogP contribution in [0.5, 0.6) is 5.75 Å². The Kier molecular flexibility index (Phi) is 2.95. The van der Waals surface area contributed by atoms with Gasteiger partial charge >= 0.3 is 0 Å². The molecule has 2 rings (SSSR count). The van der Waals surface area contributed by atoms with Crippen molar-refractivity contribution < 1.29 is 5.11 Å². The fraction of sp³-hybridized carbons (Fsp3) is 0.308. The third kappa shape index (κ3) is 1.81. The van der Waals surface area contributed by atoms with E-state index >= 15 is 0 Å². The van der Waals surface area contributed by atoms with Crippen molar-refractivity contribution in [2.75, 3.05) is 0 Å². The second kappa shape index (κ2) is 4.39. The molecule has 84 valence electrons. The predicted octanol–water partition coefficient (Wildman–Crippen LogP) is 2.70. The Bertz CT molecular complexity index is 488. The van der Waals surface area contributed by atoms with Crippen LogP contribution in [0.25, 0.3) is 5.69 Å². The molecule has 0 saturated carbocycles. The fourth-order valence-electron chi connectivity index (χ4n) is 1.75. The lowest BCUT2D eigenvalue weighted by Crippen LogP contribution is -2.01. The van der Waals surface area contributed by atoms with E-state index < -0.39 is 0 Å². The minimum absolute atomic E-state index is 0.267. The first kappa shape index (κ1) is 10.7. The van der Waals surface area contributed by atoms with Crippen LogP contribution in [-0.4, -0.2) is 14.9 Å². The Morgan fingerprint density at radius 3 is 2.56 bits per heavy atom. The maximum atomic E-state index is 9.81. The quantitative estimate of drug-likeness (QED) is 0.856. The Labute approximate surface area is 95.3 Å². The van der Waals surface area contributed by atoms with E-state index in [1.807, 2.05) is 22.9 Å². The molecule has 1 aromatic heterocycles. The van der Waals surface area contributed by atoms with Crippen molar-refractivity contribution in [3.05, 3.63) is 41.7 Å². The normalized spacial score (nSPS) is 10.6. The van der Waals surface area contributed by atoms with Crippen LogP contribution < -0.4 is 0 Å². The van der Waals surface area contributed by atoms with Gasteiger partial charge < -0.3 is 5.11 Å². The number of rotatable bonds is 3. The summed E-state index contributed by atoms with van der Waals surface area (Å²) in [5.74, 6) is 0.267. The number of hydrogen-bond acceptors (Lipinski definition) is 2. The molecule has 2 aromatic rings. The van der Waals surface area contributed by atoms with Crippen LogP contribution in [0.4, 0.5) is 0 Å². The number of aromatic hydroxyl groups is 1. The Morgan fingerprint density at radius 2 is 1.94 bits per heavy atom. The standard InChI is InChI=1S/C13H16N2O/c1-3-10-9-11(4-2)15(14-10)12-7-5-6-8-13(12)16/h5-9,16H,3-4H2,1-2H3. The summed E-state index contributed by atoms with van der Waals surface area (Å²) in [7, 11) is 0. The van der Waals surface area contributed by atoms with Crippen LogP contribution in [0.1, 0.15) is 25.2 Å². The number of aromatic nitrogens is 2. The van der Waals surface area contributed by atoms with Gasteiger partial charge in [-0.3, -0.25) is 0 Å². The largest absolute Gasteiger partial charge is 0.506 e. The van der Waals surface area contributed by atoms with Gasteiger partial charge in [0.1, 0.15) is 11.4 Å². The van der Waals surface area contributed by atoms with Crippen molar-refractivity contribution in [1.29, 1.82) is 0 Å².